The lowest BCUT2D eigenvalue weighted by Crippen LogP contribution is -2.43. The van der Waals surface area contributed by atoms with E-state index in [2.05, 4.69) is 21.2 Å². The van der Waals surface area contributed by atoms with Gasteiger partial charge in [-0.15, -0.1) is 0 Å². The monoisotopic (exact) mass is 571 g/mol. The molecule has 2 aliphatic heterocycles. The molecule has 0 bridgehead atoms. The van der Waals surface area contributed by atoms with E-state index < -0.39 is 21.8 Å². The number of hydrogen-bond acceptors (Lipinski definition) is 4. The van der Waals surface area contributed by atoms with Crippen LogP contribution >= 0.6 is 27.5 Å². The zero-order valence-electron chi connectivity index (χ0n) is 18.5. The molecule has 7 nitrogen and oxygen atoms in total. The van der Waals surface area contributed by atoms with Crippen molar-refractivity contribution in [3.05, 3.63) is 51.2 Å². The summed E-state index contributed by atoms with van der Waals surface area (Å²) in [5.74, 6) is -1.53. The normalized spacial score (nSPS) is 18.6. The van der Waals surface area contributed by atoms with Crippen molar-refractivity contribution in [2.45, 2.75) is 37.5 Å². The lowest BCUT2D eigenvalue weighted by molar-refractivity contribution is -0.121. The fourth-order valence-electron chi connectivity index (χ4n) is 4.38. The van der Waals surface area contributed by atoms with Gasteiger partial charge in [-0.2, -0.15) is 4.31 Å². The molecular weight excluding hydrogens is 549 g/mol. The van der Waals surface area contributed by atoms with Gasteiger partial charge in [0.25, 0.3) is 0 Å². The van der Waals surface area contributed by atoms with Crippen LogP contribution in [0.15, 0.2) is 39.7 Å². The van der Waals surface area contributed by atoms with Crippen LogP contribution in [0, 0.1) is 11.7 Å². The second kappa shape index (κ2) is 9.93. The minimum atomic E-state index is -3.93. The zero-order valence-corrected chi connectivity index (χ0v) is 21.6. The number of anilines is 2. The van der Waals surface area contributed by atoms with Gasteiger partial charge in [0.1, 0.15) is 5.82 Å². The summed E-state index contributed by atoms with van der Waals surface area (Å²) in [5.41, 5.74) is 1.81. The van der Waals surface area contributed by atoms with E-state index in [0.29, 0.717) is 42.4 Å². The molecule has 1 unspecified atom stereocenters. The van der Waals surface area contributed by atoms with Gasteiger partial charge in [-0.05, 0) is 71.1 Å². The van der Waals surface area contributed by atoms with Crippen molar-refractivity contribution in [1.82, 2.24) is 4.31 Å². The fraction of sp³-hybridized carbons (Fsp3) is 0.391. The first-order valence-electron chi connectivity index (χ1n) is 11.0. The van der Waals surface area contributed by atoms with Crippen LogP contribution in [0.3, 0.4) is 0 Å². The summed E-state index contributed by atoms with van der Waals surface area (Å²) in [7, 11) is -3.93. The van der Waals surface area contributed by atoms with E-state index in [1.54, 1.807) is 24.0 Å². The number of amides is 2. The molecule has 2 aromatic carbocycles. The largest absolute Gasteiger partial charge is 0.324 e. The second-order valence-electron chi connectivity index (χ2n) is 8.38. The molecular formula is C23H24BrClFN3O4S. The maximum Gasteiger partial charge on any atom is 0.244 e. The highest BCUT2D eigenvalue weighted by molar-refractivity contribution is 9.10. The summed E-state index contributed by atoms with van der Waals surface area (Å²) in [5, 5.41) is 2.75. The van der Waals surface area contributed by atoms with Crippen LogP contribution in [0.5, 0.6) is 0 Å². The minimum absolute atomic E-state index is 0.00805. The molecule has 0 saturated carbocycles. The third-order valence-corrected chi connectivity index (χ3v) is 9.33. The van der Waals surface area contributed by atoms with Gasteiger partial charge in [0.05, 0.1) is 21.5 Å². The molecule has 2 amide bonds. The topological polar surface area (TPSA) is 86.8 Å². The molecule has 34 heavy (non-hydrogen) atoms. The van der Waals surface area contributed by atoms with E-state index >= 15 is 0 Å². The van der Waals surface area contributed by atoms with Gasteiger partial charge in [-0.25, -0.2) is 12.8 Å². The molecule has 1 saturated heterocycles. The van der Waals surface area contributed by atoms with Crippen molar-refractivity contribution < 1.29 is 22.4 Å². The maximum atomic E-state index is 13.6. The summed E-state index contributed by atoms with van der Waals surface area (Å²) in [6.45, 7) is 2.59. The fourth-order valence-corrected chi connectivity index (χ4v) is 7.18. The third kappa shape index (κ3) is 4.86. The Bertz CT molecular complexity index is 1260. The first kappa shape index (κ1) is 25.1. The highest BCUT2D eigenvalue weighted by Crippen LogP contribution is 2.37. The maximum absolute atomic E-state index is 13.6. The minimum Gasteiger partial charge on any atom is -0.324 e. The van der Waals surface area contributed by atoms with Gasteiger partial charge in [-0.1, -0.05) is 18.5 Å². The molecule has 2 aromatic rings. The number of benzene rings is 2. The van der Waals surface area contributed by atoms with Crippen LogP contribution in [0.1, 0.15) is 31.7 Å². The molecule has 1 fully saturated rings. The molecule has 2 aliphatic rings. The third-order valence-electron chi connectivity index (χ3n) is 6.19. The molecule has 0 spiro atoms. The predicted molar refractivity (Wildman–Crippen MR) is 132 cm³/mol. The standard InChI is InChI=1S/C23H24BrClFN3O4S/c1-2-22(30)29-9-7-14-10-17(24)21(12-20(14)29)34(32,33)28-8-3-4-15(13-28)23(31)27-19-6-5-16(26)11-18(19)25/h5-6,10-12,15H,2-4,7-9,13H2,1H3,(H,27,31). The first-order chi connectivity index (χ1) is 16.1. The molecule has 11 heteroatoms. The van der Waals surface area contributed by atoms with Crippen LogP contribution in [-0.2, 0) is 26.0 Å². The van der Waals surface area contributed by atoms with Gasteiger partial charge < -0.3 is 10.2 Å². The lowest BCUT2D eigenvalue weighted by atomic mass is 9.98. The van der Waals surface area contributed by atoms with Crippen molar-refractivity contribution in [3.8, 4) is 0 Å². The molecule has 1 N–H and O–H groups in total. The van der Waals surface area contributed by atoms with Crippen LogP contribution < -0.4 is 10.2 Å². The summed E-state index contributed by atoms with van der Waals surface area (Å²) in [4.78, 5) is 26.9. The van der Waals surface area contributed by atoms with E-state index in [1.807, 2.05) is 0 Å². The zero-order chi connectivity index (χ0) is 24.6. The molecule has 0 aromatic heterocycles. The summed E-state index contributed by atoms with van der Waals surface area (Å²) >= 11 is 9.40. The number of rotatable bonds is 5. The Hall–Kier alpha value is -2.01. The van der Waals surface area contributed by atoms with Crippen molar-refractivity contribution in [2.75, 3.05) is 29.9 Å². The average Bonchev–Trinajstić information content (AvgIpc) is 3.22. The number of nitrogens with one attached hydrogen (secondary N) is 1. The highest BCUT2D eigenvalue weighted by atomic mass is 79.9. The van der Waals surface area contributed by atoms with E-state index in [9.17, 15) is 22.4 Å². The Labute approximate surface area is 211 Å². The Morgan fingerprint density at radius 1 is 1.24 bits per heavy atom. The van der Waals surface area contributed by atoms with Gasteiger partial charge in [0.2, 0.25) is 21.8 Å². The number of carbonyl (C=O) groups excluding carboxylic acids is 2. The average molecular weight is 573 g/mol. The molecule has 2 heterocycles. The van der Waals surface area contributed by atoms with Gasteiger partial charge in [-0.3, -0.25) is 9.59 Å². The van der Waals surface area contributed by atoms with Crippen LogP contribution in [0.2, 0.25) is 5.02 Å². The van der Waals surface area contributed by atoms with Crippen LogP contribution in [0.25, 0.3) is 0 Å². The van der Waals surface area contributed by atoms with Gasteiger partial charge in [0, 0.05) is 36.2 Å². The highest BCUT2D eigenvalue weighted by Gasteiger charge is 2.36. The molecule has 1 atom stereocenters. The van der Waals surface area contributed by atoms with Gasteiger partial charge >= 0.3 is 0 Å². The van der Waals surface area contributed by atoms with E-state index in [0.717, 1.165) is 11.6 Å². The number of piperidine rings is 1. The molecule has 0 aliphatic carbocycles. The number of carbonyl (C=O) groups is 2. The molecule has 0 radical (unpaired) electrons. The Balaban J connectivity index is 1.56. The number of hydrogen-bond donors (Lipinski definition) is 1. The van der Waals surface area contributed by atoms with Crippen LogP contribution in [-0.4, -0.2) is 44.2 Å². The Morgan fingerprint density at radius 3 is 2.71 bits per heavy atom. The Morgan fingerprint density at radius 2 is 2.00 bits per heavy atom. The Kier molecular flexibility index (Phi) is 7.33. The quantitative estimate of drug-likeness (QED) is 0.568. The van der Waals surface area contributed by atoms with E-state index in [4.69, 9.17) is 11.6 Å². The van der Waals surface area contributed by atoms with Crippen molar-refractivity contribution in [3.63, 3.8) is 0 Å². The summed E-state index contributed by atoms with van der Waals surface area (Å²) in [6.07, 6.45) is 2.02. The van der Waals surface area contributed by atoms with Crippen molar-refractivity contribution in [2.24, 2.45) is 5.92 Å². The molecule has 182 valence electrons. The first-order valence-corrected chi connectivity index (χ1v) is 13.6. The lowest BCUT2D eigenvalue weighted by Gasteiger charge is -2.31. The van der Waals surface area contributed by atoms with Crippen molar-refractivity contribution in [1.29, 1.82) is 0 Å². The summed E-state index contributed by atoms with van der Waals surface area (Å²) in [6, 6.07) is 6.98. The number of sulfonamides is 1. The van der Waals surface area contributed by atoms with Crippen LogP contribution in [0.4, 0.5) is 15.8 Å². The second-order valence-corrected chi connectivity index (χ2v) is 11.5. The number of nitrogens with zero attached hydrogens (tertiary/aromatic N) is 2. The summed E-state index contributed by atoms with van der Waals surface area (Å²) < 4.78 is 42.2. The smallest absolute Gasteiger partial charge is 0.244 e. The van der Waals surface area contributed by atoms with E-state index in [1.165, 1.54) is 16.4 Å². The predicted octanol–water partition coefficient (Wildman–Crippen LogP) is 4.58. The van der Waals surface area contributed by atoms with E-state index in [-0.39, 0.29) is 40.5 Å². The number of halogens is 3. The SMILES string of the molecule is CCC(=O)N1CCc2cc(Br)c(S(=O)(=O)N3CCCC(C(=O)Nc4ccc(F)cc4Cl)C3)cc21. The van der Waals surface area contributed by atoms with Gasteiger partial charge in [0.15, 0.2) is 0 Å². The molecule has 4 rings (SSSR count). The number of fused-ring (bicyclic) bond motifs is 1. The van der Waals surface area contributed by atoms with Crippen molar-refractivity contribution >= 4 is 60.7 Å².